The molecule has 51 heavy (non-hydrogen) atoms. The van der Waals surface area contributed by atoms with Crippen LogP contribution in [0, 0.1) is 5.82 Å². The van der Waals surface area contributed by atoms with Crippen molar-refractivity contribution in [2.45, 2.75) is 0 Å². The molecular weight excluding hydrogens is 626 g/mol. The summed E-state index contributed by atoms with van der Waals surface area (Å²) in [5.41, 5.74) is 12.1. The Hall–Kier alpha value is -6.78. The third-order valence-electron chi connectivity index (χ3n) is 10.0. The van der Waals surface area contributed by atoms with Gasteiger partial charge in [-0.05, 0) is 95.1 Å². The molecule has 0 N–H and O–H groups in total. The van der Waals surface area contributed by atoms with Crippen LogP contribution in [0.1, 0.15) is 0 Å². The van der Waals surface area contributed by atoms with Crippen LogP contribution in [0.15, 0.2) is 182 Å². The lowest BCUT2D eigenvalue weighted by Crippen LogP contribution is -1.98. The van der Waals surface area contributed by atoms with Gasteiger partial charge in [0, 0.05) is 32.8 Å². The minimum atomic E-state index is -0.234. The number of halogens is 1. The Morgan fingerprint density at radius 3 is 1.49 bits per heavy atom. The second-order valence-electron chi connectivity index (χ2n) is 13.0. The fraction of sp³-hybridized carbons (Fsp3) is 0. The van der Waals surface area contributed by atoms with Gasteiger partial charge in [-0.15, -0.1) is 0 Å². The molecule has 10 aromatic rings. The molecule has 0 bridgehead atoms. The normalized spacial score (nSPS) is 11.6. The molecule has 10 rings (SSSR count). The standard InChI is InChI=1S/C47H30FN3/c48-36-25-21-32(22-26-36)31-17-19-33(20-18-31)42-13-8-16-47(49-42)51-44-15-7-5-12-39(44)41-30-35(24-28-46(41)51)34-23-27-45-40(29-34)38-11-4-6-14-43(38)50(45)37-9-2-1-3-10-37/h1-30H. The zero-order chi connectivity index (χ0) is 33.9. The average Bonchev–Trinajstić information content (AvgIpc) is 3.71. The summed E-state index contributed by atoms with van der Waals surface area (Å²) in [6.45, 7) is 0. The highest BCUT2D eigenvalue weighted by atomic mass is 19.1. The Balaban J connectivity index is 1.07. The van der Waals surface area contributed by atoms with Crippen molar-refractivity contribution in [3.63, 3.8) is 0 Å². The maximum atomic E-state index is 13.5. The molecule has 0 saturated heterocycles. The number of para-hydroxylation sites is 3. The van der Waals surface area contributed by atoms with Gasteiger partial charge in [-0.3, -0.25) is 4.57 Å². The summed E-state index contributed by atoms with van der Waals surface area (Å²) in [4.78, 5) is 5.18. The lowest BCUT2D eigenvalue weighted by Gasteiger charge is -2.10. The van der Waals surface area contributed by atoms with Gasteiger partial charge in [0.2, 0.25) is 0 Å². The van der Waals surface area contributed by atoms with Crippen LogP contribution in [-0.2, 0) is 0 Å². The van der Waals surface area contributed by atoms with Crippen LogP contribution in [0.4, 0.5) is 4.39 Å². The number of pyridine rings is 1. The van der Waals surface area contributed by atoms with Crippen LogP contribution in [-0.4, -0.2) is 14.1 Å². The van der Waals surface area contributed by atoms with E-state index in [2.05, 4.69) is 161 Å². The molecule has 240 valence electrons. The number of benzene rings is 7. The van der Waals surface area contributed by atoms with Crippen molar-refractivity contribution in [2.75, 3.05) is 0 Å². The van der Waals surface area contributed by atoms with Crippen molar-refractivity contribution in [3.05, 3.63) is 188 Å². The number of aromatic nitrogens is 3. The maximum absolute atomic E-state index is 13.5. The van der Waals surface area contributed by atoms with E-state index < -0.39 is 0 Å². The third-order valence-corrected chi connectivity index (χ3v) is 10.0. The summed E-state index contributed by atoms with van der Waals surface area (Å²) in [7, 11) is 0. The zero-order valence-corrected chi connectivity index (χ0v) is 27.5. The van der Waals surface area contributed by atoms with Crippen molar-refractivity contribution in [1.82, 2.24) is 14.1 Å². The smallest absolute Gasteiger partial charge is 0.138 e. The number of hydrogen-bond acceptors (Lipinski definition) is 1. The summed E-state index contributed by atoms with van der Waals surface area (Å²) < 4.78 is 18.1. The third kappa shape index (κ3) is 4.84. The number of fused-ring (bicyclic) bond motifs is 6. The van der Waals surface area contributed by atoms with E-state index in [0.717, 1.165) is 44.9 Å². The van der Waals surface area contributed by atoms with E-state index in [1.54, 1.807) is 12.1 Å². The van der Waals surface area contributed by atoms with E-state index in [1.165, 1.54) is 55.8 Å². The molecule has 0 atom stereocenters. The molecule has 0 fully saturated rings. The fourth-order valence-corrected chi connectivity index (χ4v) is 7.59. The zero-order valence-electron chi connectivity index (χ0n) is 27.5. The van der Waals surface area contributed by atoms with Gasteiger partial charge in [0.25, 0.3) is 0 Å². The first-order chi connectivity index (χ1) is 25.2. The molecule has 3 nitrogen and oxygen atoms in total. The molecule has 7 aromatic carbocycles. The van der Waals surface area contributed by atoms with Gasteiger partial charge in [-0.1, -0.05) is 109 Å². The van der Waals surface area contributed by atoms with Crippen LogP contribution < -0.4 is 0 Å². The Labute approximate surface area is 294 Å². The van der Waals surface area contributed by atoms with Gasteiger partial charge in [0.1, 0.15) is 11.6 Å². The number of nitrogens with zero attached hydrogens (tertiary/aromatic N) is 3. The molecule has 0 saturated carbocycles. The molecule has 0 aliphatic carbocycles. The highest BCUT2D eigenvalue weighted by Gasteiger charge is 2.17. The van der Waals surface area contributed by atoms with Gasteiger partial charge in [0.05, 0.1) is 27.8 Å². The highest BCUT2D eigenvalue weighted by molar-refractivity contribution is 6.12. The maximum Gasteiger partial charge on any atom is 0.138 e. The quantitative estimate of drug-likeness (QED) is 0.181. The van der Waals surface area contributed by atoms with Crippen LogP contribution in [0.3, 0.4) is 0 Å². The van der Waals surface area contributed by atoms with Crippen molar-refractivity contribution >= 4 is 43.6 Å². The van der Waals surface area contributed by atoms with E-state index in [1.807, 2.05) is 6.07 Å². The molecule has 3 aromatic heterocycles. The first-order valence-corrected chi connectivity index (χ1v) is 17.2. The van der Waals surface area contributed by atoms with Gasteiger partial charge in [-0.25, -0.2) is 9.37 Å². The van der Waals surface area contributed by atoms with E-state index in [9.17, 15) is 4.39 Å². The van der Waals surface area contributed by atoms with Crippen LogP contribution in [0.25, 0.3) is 88.6 Å². The Morgan fingerprint density at radius 1 is 0.353 bits per heavy atom. The number of rotatable bonds is 5. The lowest BCUT2D eigenvalue weighted by atomic mass is 10.0. The Kier molecular flexibility index (Phi) is 6.68. The van der Waals surface area contributed by atoms with E-state index >= 15 is 0 Å². The van der Waals surface area contributed by atoms with E-state index in [0.29, 0.717) is 0 Å². The predicted molar refractivity (Wildman–Crippen MR) is 209 cm³/mol. The minimum absolute atomic E-state index is 0.234. The SMILES string of the molecule is Fc1ccc(-c2ccc(-c3cccc(-n4c5ccccc5c5cc(-c6ccc7c(c6)c6ccccc6n7-c6ccccc6)ccc54)n3)cc2)cc1. The Bertz CT molecular complexity index is 2900. The monoisotopic (exact) mass is 655 g/mol. The molecule has 0 amide bonds. The van der Waals surface area contributed by atoms with Gasteiger partial charge < -0.3 is 4.57 Å². The fourth-order valence-electron chi connectivity index (χ4n) is 7.59. The van der Waals surface area contributed by atoms with E-state index in [4.69, 9.17) is 4.98 Å². The molecule has 0 aliphatic rings. The Morgan fingerprint density at radius 2 is 0.843 bits per heavy atom. The average molecular weight is 656 g/mol. The molecule has 0 aliphatic heterocycles. The highest BCUT2D eigenvalue weighted by Crippen LogP contribution is 2.38. The van der Waals surface area contributed by atoms with Crippen molar-refractivity contribution in [3.8, 4) is 45.0 Å². The topological polar surface area (TPSA) is 22.8 Å². The largest absolute Gasteiger partial charge is 0.309 e. The van der Waals surface area contributed by atoms with Crippen LogP contribution in [0.2, 0.25) is 0 Å². The second-order valence-corrected chi connectivity index (χ2v) is 13.0. The van der Waals surface area contributed by atoms with Crippen LogP contribution >= 0.6 is 0 Å². The number of hydrogen-bond donors (Lipinski definition) is 0. The van der Waals surface area contributed by atoms with Gasteiger partial charge in [-0.2, -0.15) is 0 Å². The predicted octanol–water partition coefficient (Wildman–Crippen LogP) is 12.4. The summed E-state index contributed by atoms with van der Waals surface area (Å²) >= 11 is 0. The molecule has 0 unspecified atom stereocenters. The summed E-state index contributed by atoms with van der Waals surface area (Å²) in [5.74, 6) is 0.631. The van der Waals surface area contributed by atoms with Crippen molar-refractivity contribution in [2.24, 2.45) is 0 Å². The first-order valence-electron chi connectivity index (χ1n) is 17.2. The molecule has 4 heteroatoms. The lowest BCUT2D eigenvalue weighted by molar-refractivity contribution is 0.628. The summed E-state index contributed by atoms with van der Waals surface area (Å²) in [6, 6.07) is 62.5. The molecule has 0 radical (unpaired) electrons. The minimum Gasteiger partial charge on any atom is -0.309 e. The van der Waals surface area contributed by atoms with Crippen LogP contribution in [0.5, 0.6) is 0 Å². The van der Waals surface area contributed by atoms with Crippen molar-refractivity contribution < 1.29 is 4.39 Å². The van der Waals surface area contributed by atoms with Gasteiger partial charge >= 0.3 is 0 Å². The van der Waals surface area contributed by atoms with E-state index in [-0.39, 0.29) is 5.82 Å². The molecule has 3 heterocycles. The first kappa shape index (κ1) is 29.2. The summed E-state index contributed by atoms with van der Waals surface area (Å²) in [5, 5.41) is 4.85. The molecule has 0 spiro atoms. The second kappa shape index (κ2) is 11.7. The van der Waals surface area contributed by atoms with Crippen molar-refractivity contribution in [1.29, 1.82) is 0 Å². The summed E-state index contributed by atoms with van der Waals surface area (Å²) in [6.07, 6.45) is 0. The van der Waals surface area contributed by atoms with Gasteiger partial charge in [0.15, 0.2) is 0 Å². The molecular formula is C47H30FN3.